The fourth-order valence-electron chi connectivity index (χ4n) is 1.91. The summed E-state index contributed by atoms with van der Waals surface area (Å²) >= 11 is 1.64. The maximum atomic E-state index is 5.47. The van der Waals surface area contributed by atoms with Gasteiger partial charge in [0, 0.05) is 17.1 Å². The number of hydrogen-bond acceptors (Lipinski definition) is 7. The summed E-state index contributed by atoms with van der Waals surface area (Å²) in [5, 5.41) is 6.47. The second-order valence-corrected chi connectivity index (χ2v) is 4.95. The molecular weight excluding hydrogens is 260 g/mol. The summed E-state index contributed by atoms with van der Waals surface area (Å²) in [4.78, 5) is 12.8. The summed E-state index contributed by atoms with van der Waals surface area (Å²) in [6, 6.07) is 0.158. The Hall–Kier alpha value is -1.73. The number of nitrogens with two attached hydrogens (primary N) is 1. The molecule has 102 valence electrons. The normalized spacial score (nSPS) is 12.2. The minimum Gasteiger partial charge on any atom is -0.360 e. The number of aromatic nitrogens is 3. The van der Waals surface area contributed by atoms with Crippen molar-refractivity contribution >= 4 is 23.0 Å². The van der Waals surface area contributed by atoms with Crippen LogP contribution in [0.25, 0.3) is 0 Å². The van der Waals surface area contributed by atoms with Crippen molar-refractivity contribution in [2.45, 2.75) is 32.7 Å². The van der Waals surface area contributed by atoms with E-state index >= 15 is 0 Å². The van der Waals surface area contributed by atoms with E-state index in [1.54, 1.807) is 11.3 Å². The SMILES string of the molecule is CCc1c(NN)ncnc1NC(CC)c1nccs1. The van der Waals surface area contributed by atoms with Gasteiger partial charge in [-0.3, -0.25) is 0 Å². The molecule has 4 N–H and O–H groups in total. The van der Waals surface area contributed by atoms with E-state index in [-0.39, 0.29) is 6.04 Å². The zero-order valence-corrected chi connectivity index (χ0v) is 11.9. The van der Waals surface area contributed by atoms with Gasteiger partial charge in [-0.15, -0.1) is 11.3 Å². The van der Waals surface area contributed by atoms with Crippen molar-refractivity contribution in [1.29, 1.82) is 0 Å². The molecule has 0 amide bonds. The second-order valence-electron chi connectivity index (χ2n) is 4.02. The first-order chi connectivity index (χ1) is 9.30. The van der Waals surface area contributed by atoms with E-state index < -0.39 is 0 Å². The summed E-state index contributed by atoms with van der Waals surface area (Å²) in [6.45, 7) is 4.17. The van der Waals surface area contributed by atoms with Gasteiger partial charge in [0.2, 0.25) is 0 Å². The zero-order valence-electron chi connectivity index (χ0n) is 11.1. The van der Waals surface area contributed by atoms with E-state index in [2.05, 4.69) is 39.5 Å². The Kier molecular flexibility index (Phi) is 4.64. The minimum absolute atomic E-state index is 0.158. The van der Waals surface area contributed by atoms with Crippen molar-refractivity contribution in [1.82, 2.24) is 15.0 Å². The third kappa shape index (κ3) is 2.99. The van der Waals surface area contributed by atoms with E-state index in [9.17, 15) is 0 Å². The van der Waals surface area contributed by atoms with Crippen molar-refractivity contribution in [3.63, 3.8) is 0 Å². The number of nitrogens with one attached hydrogen (secondary N) is 2. The Morgan fingerprint density at radius 3 is 2.63 bits per heavy atom. The Labute approximate surface area is 116 Å². The molecule has 0 aliphatic rings. The van der Waals surface area contributed by atoms with Gasteiger partial charge in [0.1, 0.15) is 23.0 Å². The number of nitrogens with zero attached hydrogens (tertiary/aromatic N) is 3. The molecule has 2 aromatic heterocycles. The molecule has 0 aliphatic heterocycles. The largest absolute Gasteiger partial charge is 0.360 e. The lowest BCUT2D eigenvalue weighted by molar-refractivity contribution is 0.734. The monoisotopic (exact) mass is 278 g/mol. The number of hydrazine groups is 1. The van der Waals surface area contributed by atoms with Crippen LogP contribution in [-0.4, -0.2) is 15.0 Å². The molecule has 0 saturated carbocycles. The van der Waals surface area contributed by atoms with Crippen LogP contribution in [0.4, 0.5) is 11.6 Å². The molecule has 1 unspecified atom stereocenters. The summed E-state index contributed by atoms with van der Waals surface area (Å²) in [5.41, 5.74) is 3.59. The molecule has 0 aromatic carbocycles. The second kappa shape index (κ2) is 6.44. The van der Waals surface area contributed by atoms with Gasteiger partial charge in [-0.25, -0.2) is 20.8 Å². The van der Waals surface area contributed by atoms with E-state index in [1.165, 1.54) is 6.33 Å². The van der Waals surface area contributed by atoms with Crippen LogP contribution < -0.4 is 16.6 Å². The van der Waals surface area contributed by atoms with Crippen LogP contribution in [0.2, 0.25) is 0 Å². The Morgan fingerprint density at radius 2 is 2.05 bits per heavy atom. The number of rotatable bonds is 6. The van der Waals surface area contributed by atoms with Crippen molar-refractivity contribution in [2.24, 2.45) is 5.84 Å². The van der Waals surface area contributed by atoms with Crippen molar-refractivity contribution in [3.05, 3.63) is 28.5 Å². The average Bonchev–Trinajstić information content (AvgIpc) is 2.98. The van der Waals surface area contributed by atoms with Crippen LogP contribution in [-0.2, 0) is 6.42 Å². The molecule has 7 heteroatoms. The summed E-state index contributed by atoms with van der Waals surface area (Å²) in [5.74, 6) is 6.95. The molecule has 0 spiro atoms. The van der Waals surface area contributed by atoms with Gasteiger partial charge in [-0.05, 0) is 12.8 Å². The number of nitrogen functional groups attached to an aromatic ring is 1. The van der Waals surface area contributed by atoms with Gasteiger partial charge in [0.15, 0.2) is 0 Å². The van der Waals surface area contributed by atoms with Gasteiger partial charge in [0.05, 0.1) is 6.04 Å². The van der Waals surface area contributed by atoms with Crippen LogP contribution >= 0.6 is 11.3 Å². The quantitative estimate of drug-likeness (QED) is 0.555. The van der Waals surface area contributed by atoms with Gasteiger partial charge >= 0.3 is 0 Å². The van der Waals surface area contributed by atoms with Crippen molar-refractivity contribution in [3.8, 4) is 0 Å². The molecule has 2 rings (SSSR count). The summed E-state index contributed by atoms with van der Waals surface area (Å²) in [7, 11) is 0. The van der Waals surface area contributed by atoms with Crippen molar-refractivity contribution in [2.75, 3.05) is 10.7 Å². The Bertz CT molecular complexity index is 513. The molecule has 2 aromatic rings. The number of hydrogen-bond donors (Lipinski definition) is 3. The lowest BCUT2D eigenvalue weighted by Gasteiger charge is -2.18. The van der Waals surface area contributed by atoms with E-state index in [4.69, 9.17) is 5.84 Å². The molecule has 0 bridgehead atoms. The Morgan fingerprint density at radius 1 is 1.26 bits per heavy atom. The van der Waals surface area contributed by atoms with Crippen LogP contribution in [0.1, 0.15) is 36.9 Å². The smallest absolute Gasteiger partial charge is 0.148 e. The highest BCUT2D eigenvalue weighted by Gasteiger charge is 2.16. The fourth-order valence-corrected chi connectivity index (χ4v) is 2.68. The average molecular weight is 278 g/mol. The van der Waals surface area contributed by atoms with Crippen molar-refractivity contribution < 1.29 is 0 Å². The first kappa shape index (κ1) is 13.7. The molecule has 0 aliphatic carbocycles. The molecule has 0 saturated heterocycles. The van der Waals surface area contributed by atoms with Gasteiger partial charge in [-0.2, -0.15) is 0 Å². The number of thiazole rings is 1. The summed E-state index contributed by atoms with van der Waals surface area (Å²) < 4.78 is 0. The summed E-state index contributed by atoms with van der Waals surface area (Å²) in [6.07, 6.45) is 5.06. The first-order valence-electron chi connectivity index (χ1n) is 6.26. The molecular formula is C12H18N6S. The lowest BCUT2D eigenvalue weighted by atomic mass is 10.2. The third-order valence-corrected chi connectivity index (χ3v) is 3.79. The van der Waals surface area contributed by atoms with Gasteiger partial charge in [0.25, 0.3) is 0 Å². The lowest BCUT2D eigenvalue weighted by Crippen LogP contribution is -2.16. The predicted molar refractivity (Wildman–Crippen MR) is 78.0 cm³/mol. The van der Waals surface area contributed by atoms with Gasteiger partial charge in [-0.1, -0.05) is 13.8 Å². The van der Waals surface area contributed by atoms with Gasteiger partial charge < -0.3 is 10.7 Å². The highest BCUT2D eigenvalue weighted by atomic mass is 32.1. The van der Waals surface area contributed by atoms with E-state index in [1.807, 2.05) is 11.6 Å². The number of anilines is 2. The third-order valence-electron chi connectivity index (χ3n) is 2.90. The Balaban J connectivity index is 2.27. The maximum Gasteiger partial charge on any atom is 0.148 e. The molecule has 0 radical (unpaired) electrons. The predicted octanol–water partition coefficient (Wildman–Crippen LogP) is 2.34. The molecule has 6 nitrogen and oxygen atoms in total. The fraction of sp³-hybridized carbons (Fsp3) is 0.417. The van der Waals surface area contributed by atoms with Crippen LogP contribution in [0, 0.1) is 0 Å². The highest BCUT2D eigenvalue weighted by Crippen LogP contribution is 2.27. The highest BCUT2D eigenvalue weighted by molar-refractivity contribution is 7.09. The van der Waals surface area contributed by atoms with Crippen LogP contribution in [0.5, 0.6) is 0 Å². The van der Waals surface area contributed by atoms with Crippen LogP contribution in [0.3, 0.4) is 0 Å². The molecule has 1 atom stereocenters. The minimum atomic E-state index is 0.158. The van der Waals surface area contributed by atoms with E-state index in [0.717, 1.165) is 29.2 Å². The van der Waals surface area contributed by atoms with Crippen LogP contribution in [0.15, 0.2) is 17.9 Å². The molecule has 0 fully saturated rings. The topological polar surface area (TPSA) is 88.8 Å². The standard InChI is InChI=1S/C12H18N6S/c1-3-8-10(15-7-16-11(8)18-13)17-9(4-2)12-14-5-6-19-12/h5-7,9H,3-4,13H2,1-2H3,(H2,15,16,17,18). The molecule has 19 heavy (non-hydrogen) atoms. The van der Waals surface area contributed by atoms with E-state index in [0.29, 0.717) is 5.82 Å². The first-order valence-corrected chi connectivity index (χ1v) is 7.14. The maximum absolute atomic E-state index is 5.47. The molecule has 2 heterocycles. The zero-order chi connectivity index (χ0) is 13.7.